The third-order valence-electron chi connectivity index (χ3n) is 1.78. The molecule has 0 aliphatic carbocycles. The fourth-order valence-electron chi connectivity index (χ4n) is 1.23. The van der Waals surface area contributed by atoms with Crippen molar-refractivity contribution in [1.29, 1.82) is 0 Å². The summed E-state index contributed by atoms with van der Waals surface area (Å²) in [6.45, 7) is 0.656. The van der Waals surface area contributed by atoms with Crippen molar-refractivity contribution in [2.45, 2.75) is 6.54 Å². The number of nitrogens with one attached hydrogen (secondary N) is 2. The quantitative estimate of drug-likeness (QED) is 0.687. The molecule has 0 bridgehead atoms. The minimum atomic E-state index is -0.253. The van der Waals surface area contributed by atoms with E-state index in [2.05, 4.69) is 19.9 Å². The van der Waals surface area contributed by atoms with Crippen LogP contribution in [0.3, 0.4) is 0 Å². The molecule has 2 N–H and O–H groups in total. The van der Waals surface area contributed by atoms with Crippen LogP contribution in [-0.4, -0.2) is 38.9 Å². The average molecular weight is 193 g/mol. The summed E-state index contributed by atoms with van der Waals surface area (Å²) in [4.78, 5) is 26.4. The smallest absolute Gasteiger partial charge is 0.303 e. The van der Waals surface area contributed by atoms with Crippen molar-refractivity contribution < 1.29 is 0 Å². The van der Waals surface area contributed by atoms with Gasteiger partial charge in [-0.2, -0.15) is 0 Å². The number of nitrogens with zero attached hydrogens (tertiary/aromatic N) is 3. The summed E-state index contributed by atoms with van der Waals surface area (Å²) in [5, 5.41) is 0. The highest BCUT2D eigenvalue weighted by molar-refractivity contribution is 5.67. The summed E-state index contributed by atoms with van der Waals surface area (Å²) in [5.41, 5.74) is 0.940. The van der Waals surface area contributed by atoms with E-state index in [1.54, 1.807) is 6.20 Å². The maximum Gasteiger partial charge on any atom is 0.325 e. The first-order valence-electron chi connectivity index (χ1n) is 4.24. The second kappa shape index (κ2) is 3.22. The van der Waals surface area contributed by atoms with Crippen LogP contribution in [0.1, 0.15) is 5.82 Å². The molecule has 0 aromatic carbocycles. The molecule has 0 aliphatic rings. The Morgan fingerprint density at radius 3 is 2.93 bits per heavy atom. The first-order valence-corrected chi connectivity index (χ1v) is 4.24. The predicted molar refractivity (Wildman–Crippen MR) is 51.9 cm³/mol. The van der Waals surface area contributed by atoms with Crippen molar-refractivity contribution in [2.75, 3.05) is 14.1 Å². The molecule has 0 saturated heterocycles. The van der Waals surface area contributed by atoms with Crippen molar-refractivity contribution in [3.8, 4) is 0 Å². The molecule has 2 aromatic heterocycles. The van der Waals surface area contributed by atoms with Crippen molar-refractivity contribution in [3.63, 3.8) is 0 Å². The fraction of sp³-hybridized carbons (Fsp3) is 0.375. The molecule has 6 nitrogen and oxygen atoms in total. The van der Waals surface area contributed by atoms with Gasteiger partial charge in [-0.1, -0.05) is 0 Å². The highest BCUT2D eigenvalue weighted by Gasteiger charge is 2.03. The van der Waals surface area contributed by atoms with Gasteiger partial charge in [0.15, 0.2) is 5.65 Å². The number of rotatable bonds is 2. The van der Waals surface area contributed by atoms with E-state index in [1.165, 1.54) is 0 Å². The van der Waals surface area contributed by atoms with Gasteiger partial charge >= 0.3 is 5.69 Å². The number of aromatic amines is 2. The number of H-pyrrole nitrogens is 2. The van der Waals surface area contributed by atoms with Crippen LogP contribution in [0.15, 0.2) is 11.0 Å². The van der Waals surface area contributed by atoms with Gasteiger partial charge in [0.25, 0.3) is 0 Å². The zero-order valence-electron chi connectivity index (χ0n) is 8.03. The topological polar surface area (TPSA) is 77.7 Å². The first-order chi connectivity index (χ1) is 6.65. The van der Waals surface area contributed by atoms with Crippen LogP contribution in [0.2, 0.25) is 0 Å². The maximum absolute atomic E-state index is 10.9. The standard InChI is InChI=1S/C8H11N5O/c1-13(2)4-6-9-3-5-7(11-6)12-8(14)10-5/h3H,4H2,1-2H3,(H2,9,10,11,12,14). The van der Waals surface area contributed by atoms with Gasteiger partial charge in [-0.05, 0) is 14.1 Å². The SMILES string of the molecule is CN(C)Cc1ncc2[nH]c(=O)[nH]c2n1. The molecule has 74 valence electrons. The van der Waals surface area contributed by atoms with Crippen LogP contribution in [-0.2, 0) is 6.54 Å². The van der Waals surface area contributed by atoms with Crippen LogP contribution in [0.4, 0.5) is 0 Å². The highest BCUT2D eigenvalue weighted by atomic mass is 16.1. The molecule has 0 aliphatic heterocycles. The van der Waals surface area contributed by atoms with Gasteiger partial charge < -0.3 is 9.88 Å². The third-order valence-corrected chi connectivity index (χ3v) is 1.78. The van der Waals surface area contributed by atoms with Crippen LogP contribution in [0, 0.1) is 0 Å². The zero-order valence-corrected chi connectivity index (χ0v) is 8.03. The largest absolute Gasteiger partial charge is 0.325 e. The minimum Gasteiger partial charge on any atom is -0.303 e. The molecule has 0 saturated carbocycles. The monoisotopic (exact) mass is 193 g/mol. The van der Waals surface area contributed by atoms with Gasteiger partial charge in [-0.25, -0.2) is 14.8 Å². The summed E-state index contributed by atoms with van der Waals surface area (Å²) in [6.07, 6.45) is 1.61. The van der Waals surface area contributed by atoms with Gasteiger partial charge in [0, 0.05) is 0 Å². The lowest BCUT2D eigenvalue weighted by molar-refractivity contribution is 0.391. The second-order valence-corrected chi connectivity index (χ2v) is 3.37. The van der Waals surface area contributed by atoms with E-state index in [-0.39, 0.29) is 5.69 Å². The Morgan fingerprint density at radius 2 is 2.21 bits per heavy atom. The van der Waals surface area contributed by atoms with Gasteiger partial charge in [0.2, 0.25) is 0 Å². The van der Waals surface area contributed by atoms with Gasteiger partial charge in [0.05, 0.1) is 12.7 Å². The molecule has 6 heteroatoms. The normalized spacial score (nSPS) is 11.4. The van der Waals surface area contributed by atoms with E-state index < -0.39 is 0 Å². The first kappa shape index (κ1) is 8.89. The second-order valence-electron chi connectivity index (χ2n) is 3.37. The van der Waals surface area contributed by atoms with E-state index >= 15 is 0 Å². The minimum absolute atomic E-state index is 0.253. The number of imidazole rings is 1. The molecule has 0 amide bonds. The molecule has 2 rings (SSSR count). The molecule has 2 heterocycles. The van der Waals surface area contributed by atoms with E-state index in [1.807, 2.05) is 19.0 Å². The van der Waals surface area contributed by atoms with Crippen LogP contribution in [0.25, 0.3) is 11.2 Å². The third kappa shape index (κ3) is 1.64. The Bertz CT molecular complexity index is 498. The average Bonchev–Trinajstić information content (AvgIpc) is 2.42. The number of aromatic nitrogens is 4. The van der Waals surface area contributed by atoms with Crippen molar-refractivity contribution >= 4 is 11.2 Å². The molecule has 0 atom stereocenters. The maximum atomic E-state index is 10.9. The lowest BCUT2D eigenvalue weighted by Crippen LogP contribution is -2.13. The Hall–Kier alpha value is -1.69. The van der Waals surface area contributed by atoms with Crippen molar-refractivity contribution in [2.24, 2.45) is 0 Å². The van der Waals surface area contributed by atoms with E-state index in [0.29, 0.717) is 23.5 Å². The number of hydrogen-bond acceptors (Lipinski definition) is 4. The number of fused-ring (bicyclic) bond motifs is 1. The van der Waals surface area contributed by atoms with Crippen molar-refractivity contribution in [3.05, 3.63) is 22.5 Å². The van der Waals surface area contributed by atoms with Crippen LogP contribution in [0.5, 0.6) is 0 Å². The molecule has 0 radical (unpaired) electrons. The van der Waals surface area contributed by atoms with Crippen molar-refractivity contribution in [1.82, 2.24) is 24.8 Å². The highest BCUT2D eigenvalue weighted by Crippen LogP contribution is 2.02. The molecule has 14 heavy (non-hydrogen) atoms. The Balaban J connectivity index is 2.45. The Morgan fingerprint density at radius 1 is 1.43 bits per heavy atom. The zero-order chi connectivity index (χ0) is 10.1. The molecule has 2 aromatic rings. The summed E-state index contributed by atoms with van der Waals surface area (Å²) >= 11 is 0. The van der Waals surface area contributed by atoms with Gasteiger partial charge in [-0.3, -0.25) is 4.98 Å². The molecule has 0 spiro atoms. The molecular weight excluding hydrogens is 182 g/mol. The summed E-state index contributed by atoms with van der Waals surface area (Å²) < 4.78 is 0. The van der Waals surface area contributed by atoms with E-state index in [9.17, 15) is 4.79 Å². The Labute approximate surface area is 80.0 Å². The molecular formula is C8H11N5O. The van der Waals surface area contributed by atoms with Gasteiger partial charge in [0.1, 0.15) is 11.3 Å². The summed E-state index contributed by atoms with van der Waals surface area (Å²) in [7, 11) is 3.88. The fourth-order valence-corrected chi connectivity index (χ4v) is 1.23. The summed E-state index contributed by atoms with van der Waals surface area (Å²) in [5.74, 6) is 0.692. The van der Waals surface area contributed by atoms with Crippen LogP contribution < -0.4 is 5.69 Å². The van der Waals surface area contributed by atoms with E-state index in [0.717, 1.165) is 0 Å². The lowest BCUT2D eigenvalue weighted by atomic mass is 10.5. The van der Waals surface area contributed by atoms with Crippen LogP contribution >= 0.6 is 0 Å². The van der Waals surface area contributed by atoms with Gasteiger partial charge in [-0.15, -0.1) is 0 Å². The van der Waals surface area contributed by atoms with E-state index in [4.69, 9.17) is 0 Å². The predicted octanol–water partition coefficient (Wildman–Crippen LogP) is -0.292. The lowest BCUT2D eigenvalue weighted by Gasteiger charge is -2.06. The number of hydrogen-bond donors (Lipinski definition) is 2. The molecule has 0 fully saturated rings. The summed E-state index contributed by atoms with van der Waals surface area (Å²) in [6, 6.07) is 0. The molecule has 0 unspecified atom stereocenters. The Kier molecular flexibility index (Phi) is 2.05.